The number of rotatable bonds is 3. The number of nitrogens with one attached hydrogen (secondary N) is 1. The molecule has 1 aliphatic heterocycles. The Morgan fingerprint density at radius 3 is 2.80 bits per heavy atom. The highest BCUT2D eigenvalue weighted by atomic mass is 79.9. The van der Waals surface area contributed by atoms with Gasteiger partial charge in [0.25, 0.3) is 5.91 Å². The number of carbonyl (C=O) groups excluding carboxylic acids is 2. The zero-order chi connectivity index (χ0) is 14.9. The van der Waals surface area contributed by atoms with Gasteiger partial charge in [-0.05, 0) is 31.5 Å². The largest absolute Gasteiger partial charge is 0.507 e. The molecule has 1 unspecified atom stereocenters. The smallest absolute Gasteiger partial charge is 0.346 e. The van der Waals surface area contributed by atoms with Crippen molar-refractivity contribution in [3.05, 3.63) is 28.2 Å². The van der Waals surface area contributed by atoms with Gasteiger partial charge in [-0.1, -0.05) is 22.9 Å². The lowest BCUT2D eigenvalue weighted by Crippen LogP contribution is -2.42. The molecule has 2 rings (SSSR count). The number of urea groups is 1. The van der Waals surface area contributed by atoms with Gasteiger partial charge in [0.05, 0.1) is 6.21 Å². The number of carbonyl (C=O) groups is 2. The molecule has 1 saturated heterocycles. The van der Waals surface area contributed by atoms with Gasteiger partial charge in [0, 0.05) is 10.0 Å². The number of hydrogen-bond acceptors (Lipinski definition) is 4. The van der Waals surface area contributed by atoms with Gasteiger partial charge in [0.1, 0.15) is 11.3 Å². The molecule has 1 fully saturated rings. The second-order valence-corrected chi connectivity index (χ2v) is 5.60. The predicted molar refractivity (Wildman–Crippen MR) is 77.5 cm³/mol. The third-order valence-corrected chi connectivity index (χ3v) is 3.74. The summed E-state index contributed by atoms with van der Waals surface area (Å²) in [6, 6.07) is 4.24. The van der Waals surface area contributed by atoms with E-state index in [0.717, 1.165) is 9.48 Å². The second-order valence-electron chi connectivity index (χ2n) is 4.68. The number of phenolic OH excluding ortho intramolecular Hbond substituents is 1. The van der Waals surface area contributed by atoms with Crippen LogP contribution in [-0.2, 0) is 4.79 Å². The number of hydrazone groups is 1. The van der Waals surface area contributed by atoms with E-state index in [1.807, 2.05) is 6.92 Å². The van der Waals surface area contributed by atoms with Crippen molar-refractivity contribution in [2.75, 3.05) is 0 Å². The number of halogens is 1. The molecule has 0 saturated carbocycles. The maximum Gasteiger partial charge on any atom is 0.346 e. The van der Waals surface area contributed by atoms with Crippen molar-refractivity contribution >= 4 is 34.1 Å². The SMILES string of the molecule is CCC1(C)NC(=O)N(/N=C/c2cc(Br)ccc2O)C1=O. The van der Waals surface area contributed by atoms with Gasteiger partial charge >= 0.3 is 6.03 Å². The van der Waals surface area contributed by atoms with Gasteiger partial charge in [-0.2, -0.15) is 5.10 Å². The summed E-state index contributed by atoms with van der Waals surface area (Å²) in [7, 11) is 0. The van der Waals surface area contributed by atoms with E-state index in [2.05, 4.69) is 26.3 Å². The lowest BCUT2D eigenvalue weighted by Gasteiger charge is -2.17. The Balaban J connectivity index is 2.26. The standard InChI is InChI=1S/C13H14BrN3O3/c1-3-13(2)11(19)17(12(20)16-13)15-7-8-6-9(14)4-5-10(8)18/h4-7,18H,3H2,1-2H3,(H,16,20)/b15-7+. The number of nitrogens with zero attached hydrogens (tertiary/aromatic N) is 2. The Morgan fingerprint density at radius 1 is 1.50 bits per heavy atom. The van der Waals surface area contributed by atoms with E-state index in [9.17, 15) is 14.7 Å². The first-order valence-corrected chi connectivity index (χ1v) is 6.86. The van der Waals surface area contributed by atoms with E-state index in [1.54, 1.807) is 19.1 Å². The van der Waals surface area contributed by atoms with Crippen LogP contribution in [0.1, 0.15) is 25.8 Å². The molecule has 1 atom stereocenters. The van der Waals surface area contributed by atoms with Gasteiger partial charge in [0.2, 0.25) is 0 Å². The molecule has 3 amide bonds. The fourth-order valence-corrected chi connectivity index (χ4v) is 2.14. The normalized spacial score (nSPS) is 22.6. The number of benzene rings is 1. The highest BCUT2D eigenvalue weighted by molar-refractivity contribution is 9.10. The Hall–Kier alpha value is -1.89. The van der Waals surface area contributed by atoms with Crippen LogP contribution < -0.4 is 5.32 Å². The molecule has 7 heteroatoms. The van der Waals surface area contributed by atoms with Crippen molar-refractivity contribution in [1.29, 1.82) is 0 Å². The Morgan fingerprint density at radius 2 is 2.20 bits per heavy atom. The molecule has 0 bridgehead atoms. The molecular weight excluding hydrogens is 326 g/mol. The molecule has 0 aliphatic carbocycles. The molecule has 1 aromatic carbocycles. The summed E-state index contributed by atoms with van der Waals surface area (Å²) in [5.41, 5.74) is -0.515. The summed E-state index contributed by atoms with van der Waals surface area (Å²) in [5, 5.41) is 16.9. The van der Waals surface area contributed by atoms with Gasteiger partial charge in [-0.15, -0.1) is 5.01 Å². The predicted octanol–water partition coefficient (Wildman–Crippen LogP) is 2.21. The number of hydrogen-bond donors (Lipinski definition) is 2. The lowest BCUT2D eigenvalue weighted by atomic mass is 10.00. The number of imide groups is 1. The molecule has 2 N–H and O–H groups in total. The first kappa shape index (κ1) is 14.5. The van der Waals surface area contributed by atoms with Gasteiger partial charge in [0.15, 0.2) is 0 Å². The molecule has 1 aromatic rings. The maximum atomic E-state index is 12.1. The van der Waals surface area contributed by atoms with Crippen molar-refractivity contribution in [2.45, 2.75) is 25.8 Å². The topological polar surface area (TPSA) is 82.0 Å². The van der Waals surface area contributed by atoms with Crippen LogP contribution >= 0.6 is 15.9 Å². The summed E-state index contributed by atoms with van der Waals surface area (Å²) in [5.74, 6) is -0.391. The summed E-state index contributed by atoms with van der Waals surface area (Å²) in [6.07, 6.45) is 1.75. The molecule has 0 radical (unpaired) electrons. The third kappa shape index (κ3) is 2.53. The van der Waals surface area contributed by atoms with E-state index >= 15 is 0 Å². The van der Waals surface area contributed by atoms with E-state index in [0.29, 0.717) is 12.0 Å². The van der Waals surface area contributed by atoms with Crippen LogP contribution in [-0.4, -0.2) is 33.8 Å². The lowest BCUT2D eigenvalue weighted by molar-refractivity contribution is -0.130. The monoisotopic (exact) mass is 339 g/mol. The quantitative estimate of drug-likeness (QED) is 0.654. The molecule has 20 heavy (non-hydrogen) atoms. The summed E-state index contributed by atoms with van der Waals surface area (Å²) in [4.78, 5) is 23.8. The van der Waals surface area contributed by atoms with Crippen LogP contribution in [0.4, 0.5) is 4.79 Å². The fraction of sp³-hybridized carbons (Fsp3) is 0.308. The van der Waals surface area contributed by atoms with Crippen molar-refractivity contribution in [3.63, 3.8) is 0 Å². The Kier molecular flexibility index (Phi) is 3.80. The minimum absolute atomic E-state index is 0.0160. The Bertz CT molecular complexity index is 603. The van der Waals surface area contributed by atoms with Crippen LogP contribution in [0.15, 0.2) is 27.8 Å². The molecular formula is C13H14BrN3O3. The second kappa shape index (κ2) is 5.24. The highest BCUT2D eigenvalue weighted by Crippen LogP contribution is 2.23. The highest BCUT2D eigenvalue weighted by Gasteiger charge is 2.46. The van der Waals surface area contributed by atoms with Crippen LogP contribution in [0, 0.1) is 0 Å². The summed E-state index contributed by atoms with van der Waals surface area (Å²) >= 11 is 3.27. The molecule has 106 valence electrons. The number of phenols is 1. The first-order valence-electron chi connectivity index (χ1n) is 6.06. The zero-order valence-corrected chi connectivity index (χ0v) is 12.6. The molecule has 1 aliphatic rings. The summed E-state index contributed by atoms with van der Waals surface area (Å²) in [6.45, 7) is 3.46. The third-order valence-electron chi connectivity index (χ3n) is 3.25. The van der Waals surface area contributed by atoms with Crippen LogP contribution in [0.5, 0.6) is 5.75 Å². The number of amides is 3. The van der Waals surface area contributed by atoms with E-state index in [4.69, 9.17) is 0 Å². The van der Waals surface area contributed by atoms with Crippen LogP contribution in [0.25, 0.3) is 0 Å². The zero-order valence-electron chi connectivity index (χ0n) is 11.1. The van der Waals surface area contributed by atoms with Gasteiger partial charge < -0.3 is 10.4 Å². The van der Waals surface area contributed by atoms with E-state index in [1.165, 1.54) is 12.3 Å². The fourth-order valence-electron chi connectivity index (χ4n) is 1.76. The minimum atomic E-state index is -0.923. The molecule has 0 spiro atoms. The maximum absolute atomic E-state index is 12.1. The van der Waals surface area contributed by atoms with Gasteiger partial charge in [-0.3, -0.25) is 4.79 Å². The van der Waals surface area contributed by atoms with Crippen molar-refractivity contribution in [1.82, 2.24) is 10.3 Å². The van der Waals surface area contributed by atoms with Crippen LogP contribution in [0.3, 0.4) is 0 Å². The van der Waals surface area contributed by atoms with Crippen molar-refractivity contribution in [2.24, 2.45) is 5.10 Å². The average Bonchev–Trinajstić information content (AvgIpc) is 2.63. The van der Waals surface area contributed by atoms with Crippen molar-refractivity contribution in [3.8, 4) is 5.75 Å². The average molecular weight is 340 g/mol. The van der Waals surface area contributed by atoms with Gasteiger partial charge in [-0.25, -0.2) is 4.79 Å². The minimum Gasteiger partial charge on any atom is -0.507 e. The Labute approximate surface area is 124 Å². The first-order chi connectivity index (χ1) is 9.37. The molecule has 6 nitrogen and oxygen atoms in total. The number of aromatic hydroxyl groups is 1. The van der Waals surface area contributed by atoms with E-state index in [-0.39, 0.29) is 5.75 Å². The summed E-state index contributed by atoms with van der Waals surface area (Å²) < 4.78 is 0.757. The molecule has 1 heterocycles. The van der Waals surface area contributed by atoms with E-state index < -0.39 is 17.5 Å². The van der Waals surface area contributed by atoms with Crippen molar-refractivity contribution < 1.29 is 14.7 Å². The molecule has 0 aromatic heterocycles. The van der Waals surface area contributed by atoms with Crippen LogP contribution in [0.2, 0.25) is 0 Å².